The van der Waals surface area contributed by atoms with Gasteiger partial charge < -0.3 is 15.0 Å². The van der Waals surface area contributed by atoms with Crippen molar-refractivity contribution in [3.05, 3.63) is 29.8 Å². The number of ether oxygens (including phenoxy) is 1. The molecule has 28 heavy (non-hydrogen) atoms. The first kappa shape index (κ1) is 27.8. The molecule has 2 amide bonds. The highest BCUT2D eigenvalue weighted by Crippen LogP contribution is 2.13. The number of anilines is 1. The topological polar surface area (TPSA) is 75.7 Å². The smallest absolute Gasteiger partial charge is 0.302 e. The third-order valence-corrected chi connectivity index (χ3v) is 3.57. The minimum absolute atomic E-state index is 0.0561. The maximum Gasteiger partial charge on any atom is 0.302 e. The van der Waals surface area contributed by atoms with Crippen molar-refractivity contribution >= 4 is 23.5 Å². The molecule has 0 aromatic heterocycles. The Labute approximate surface area is 170 Å². The number of carbonyl (C=O) groups excluding carboxylic acids is 3. The highest BCUT2D eigenvalue weighted by molar-refractivity contribution is 5.90. The third kappa shape index (κ3) is 18.4. The van der Waals surface area contributed by atoms with E-state index in [4.69, 9.17) is 0 Å². The molecule has 1 aromatic rings. The zero-order chi connectivity index (χ0) is 21.9. The van der Waals surface area contributed by atoms with E-state index in [1.807, 2.05) is 31.2 Å². The van der Waals surface area contributed by atoms with Crippen molar-refractivity contribution in [2.75, 3.05) is 25.1 Å². The molecule has 160 valence electrons. The van der Waals surface area contributed by atoms with Gasteiger partial charge in [-0.25, -0.2) is 0 Å². The Morgan fingerprint density at radius 1 is 1.04 bits per heavy atom. The number of aryl methyl sites for hydroxylation is 1. The first-order chi connectivity index (χ1) is 13.1. The van der Waals surface area contributed by atoms with E-state index < -0.39 is 0 Å². The number of nitrogens with zero attached hydrogens (tertiary/aromatic N) is 1. The number of rotatable bonds is 7. The minimum Gasteiger partial charge on any atom is -0.466 e. The van der Waals surface area contributed by atoms with Crippen LogP contribution in [0.1, 0.15) is 65.9 Å². The Balaban J connectivity index is 0. The standard InChI is InChI=1S/C10H13NO.C6H13NO.C6H12O2/c1-8-5-4-6-10(7-8)11(3)9(2)12;1-3-4-5-7-6(2)8;1-3-4-5-8-6(2)7/h4-7H,1-3H3;3-5H2,1-2H3,(H,7,8);3-5H2,1-2H3. The number of amides is 2. The fraction of sp³-hybridized carbons (Fsp3) is 0.591. The predicted molar refractivity (Wildman–Crippen MR) is 115 cm³/mol. The van der Waals surface area contributed by atoms with Gasteiger partial charge in [0.15, 0.2) is 0 Å². The normalized spacial score (nSPS) is 9.11. The zero-order valence-electron chi connectivity index (χ0n) is 18.6. The van der Waals surface area contributed by atoms with E-state index in [1.54, 1.807) is 18.9 Å². The van der Waals surface area contributed by atoms with Gasteiger partial charge in [-0.15, -0.1) is 0 Å². The second-order valence-electron chi connectivity index (χ2n) is 6.45. The van der Waals surface area contributed by atoms with Crippen molar-refractivity contribution in [2.45, 2.75) is 67.2 Å². The summed E-state index contributed by atoms with van der Waals surface area (Å²) in [4.78, 5) is 32.9. The molecule has 0 saturated carbocycles. The lowest BCUT2D eigenvalue weighted by molar-refractivity contribution is -0.141. The van der Waals surface area contributed by atoms with Gasteiger partial charge in [-0.2, -0.15) is 0 Å². The number of nitrogens with one attached hydrogen (secondary N) is 1. The van der Waals surface area contributed by atoms with Crippen LogP contribution in [0.2, 0.25) is 0 Å². The molecule has 0 aliphatic rings. The van der Waals surface area contributed by atoms with E-state index in [2.05, 4.69) is 23.9 Å². The first-order valence-electron chi connectivity index (χ1n) is 9.84. The van der Waals surface area contributed by atoms with Gasteiger partial charge in [-0.1, -0.05) is 38.8 Å². The van der Waals surface area contributed by atoms with E-state index in [0.717, 1.165) is 37.9 Å². The predicted octanol–water partition coefficient (Wildman–Crippen LogP) is 4.25. The van der Waals surface area contributed by atoms with Crippen LogP contribution < -0.4 is 10.2 Å². The quantitative estimate of drug-likeness (QED) is 0.554. The molecule has 0 fully saturated rings. The summed E-state index contributed by atoms with van der Waals surface area (Å²) >= 11 is 0. The lowest BCUT2D eigenvalue weighted by Gasteiger charge is -2.14. The molecule has 0 bridgehead atoms. The maximum atomic E-state index is 11.0. The van der Waals surface area contributed by atoms with Crippen LogP contribution in [0.4, 0.5) is 5.69 Å². The molecule has 0 spiro atoms. The van der Waals surface area contributed by atoms with Crippen LogP contribution in [0.15, 0.2) is 24.3 Å². The molecule has 1 N–H and O–H groups in total. The second-order valence-corrected chi connectivity index (χ2v) is 6.45. The summed E-state index contributed by atoms with van der Waals surface area (Å²) in [7, 11) is 1.77. The van der Waals surface area contributed by atoms with Gasteiger partial charge in [-0.05, 0) is 37.5 Å². The average Bonchev–Trinajstić information content (AvgIpc) is 2.62. The molecule has 0 unspecified atom stereocenters. The van der Waals surface area contributed by atoms with E-state index in [9.17, 15) is 14.4 Å². The van der Waals surface area contributed by atoms with Crippen LogP contribution in [0.5, 0.6) is 0 Å². The van der Waals surface area contributed by atoms with Crippen LogP contribution in [0.25, 0.3) is 0 Å². The van der Waals surface area contributed by atoms with E-state index >= 15 is 0 Å². The largest absolute Gasteiger partial charge is 0.466 e. The molecule has 0 aliphatic heterocycles. The molecule has 1 rings (SSSR count). The van der Waals surface area contributed by atoms with Crippen LogP contribution >= 0.6 is 0 Å². The number of carbonyl (C=O) groups is 3. The van der Waals surface area contributed by atoms with Gasteiger partial charge in [0.1, 0.15) is 0 Å². The van der Waals surface area contributed by atoms with Crippen molar-refractivity contribution in [1.29, 1.82) is 0 Å². The Bertz CT molecular complexity index is 553. The molecule has 6 heteroatoms. The Morgan fingerprint density at radius 2 is 1.64 bits per heavy atom. The summed E-state index contributed by atoms with van der Waals surface area (Å²) in [5.41, 5.74) is 2.11. The van der Waals surface area contributed by atoms with Crippen LogP contribution in [-0.2, 0) is 19.1 Å². The highest BCUT2D eigenvalue weighted by atomic mass is 16.5. The lowest BCUT2D eigenvalue weighted by atomic mass is 10.2. The van der Waals surface area contributed by atoms with Crippen molar-refractivity contribution in [2.24, 2.45) is 0 Å². The third-order valence-electron chi connectivity index (χ3n) is 3.57. The molecular formula is C22H38N2O4. The van der Waals surface area contributed by atoms with Gasteiger partial charge in [0, 0.05) is 40.1 Å². The fourth-order valence-electron chi connectivity index (χ4n) is 1.82. The van der Waals surface area contributed by atoms with Gasteiger partial charge in [0.05, 0.1) is 6.61 Å². The summed E-state index contributed by atoms with van der Waals surface area (Å²) < 4.78 is 4.64. The van der Waals surface area contributed by atoms with Gasteiger partial charge in [0.25, 0.3) is 0 Å². The first-order valence-corrected chi connectivity index (χ1v) is 9.84. The van der Waals surface area contributed by atoms with E-state index in [-0.39, 0.29) is 17.8 Å². The Hall–Kier alpha value is -2.37. The number of esters is 1. The number of hydrogen-bond acceptors (Lipinski definition) is 4. The summed E-state index contributed by atoms with van der Waals surface area (Å²) in [6.45, 7) is 12.1. The van der Waals surface area contributed by atoms with Crippen molar-refractivity contribution in [3.8, 4) is 0 Å². The Morgan fingerprint density at radius 3 is 2.07 bits per heavy atom. The van der Waals surface area contributed by atoms with Crippen molar-refractivity contribution in [3.63, 3.8) is 0 Å². The van der Waals surface area contributed by atoms with Gasteiger partial charge in [0.2, 0.25) is 11.8 Å². The van der Waals surface area contributed by atoms with Crippen molar-refractivity contribution < 1.29 is 19.1 Å². The fourth-order valence-corrected chi connectivity index (χ4v) is 1.82. The summed E-state index contributed by atoms with van der Waals surface area (Å²) in [6, 6.07) is 7.87. The highest BCUT2D eigenvalue weighted by Gasteiger charge is 2.03. The van der Waals surface area contributed by atoms with Crippen LogP contribution in [0.3, 0.4) is 0 Å². The van der Waals surface area contributed by atoms with Crippen LogP contribution in [-0.4, -0.2) is 38.0 Å². The second kappa shape index (κ2) is 18.0. The number of unbranched alkanes of at least 4 members (excludes halogenated alkanes) is 2. The molecule has 1 aromatic carbocycles. The number of hydrogen-bond donors (Lipinski definition) is 1. The number of benzene rings is 1. The molecule has 0 radical (unpaired) electrons. The molecular weight excluding hydrogens is 356 g/mol. The summed E-state index contributed by atoms with van der Waals surface area (Å²) in [6.07, 6.45) is 4.27. The Kier molecular flexibility index (Phi) is 17.9. The van der Waals surface area contributed by atoms with E-state index in [1.165, 1.54) is 19.4 Å². The van der Waals surface area contributed by atoms with Crippen molar-refractivity contribution in [1.82, 2.24) is 5.32 Å². The van der Waals surface area contributed by atoms with Crippen LogP contribution in [0, 0.1) is 6.92 Å². The molecule has 0 aliphatic carbocycles. The SMILES string of the molecule is CC(=O)N(C)c1cccc(C)c1.CCCCNC(C)=O.CCCCOC(C)=O. The average molecular weight is 395 g/mol. The van der Waals surface area contributed by atoms with Gasteiger partial charge in [-0.3, -0.25) is 14.4 Å². The minimum atomic E-state index is -0.182. The van der Waals surface area contributed by atoms with E-state index in [0.29, 0.717) is 6.61 Å². The monoisotopic (exact) mass is 394 g/mol. The molecule has 6 nitrogen and oxygen atoms in total. The molecule has 0 heterocycles. The zero-order valence-corrected chi connectivity index (χ0v) is 18.6. The van der Waals surface area contributed by atoms with Gasteiger partial charge >= 0.3 is 5.97 Å². The molecule has 0 atom stereocenters. The molecule has 0 saturated heterocycles. The summed E-state index contributed by atoms with van der Waals surface area (Å²) in [5.74, 6) is -0.0579. The summed E-state index contributed by atoms with van der Waals surface area (Å²) in [5, 5.41) is 2.71. The lowest BCUT2D eigenvalue weighted by Crippen LogP contribution is -2.22. The maximum absolute atomic E-state index is 11.0.